The van der Waals surface area contributed by atoms with Crippen LogP contribution in [0.2, 0.25) is 0 Å². The number of nitrogens with zero attached hydrogens (tertiary/aromatic N) is 2. The Kier molecular flexibility index (Phi) is 2.61. The summed E-state index contributed by atoms with van der Waals surface area (Å²) in [5.74, 6) is 0.587. The fourth-order valence-electron chi connectivity index (χ4n) is 1.63. The van der Waals surface area contributed by atoms with Gasteiger partial charge in [-0.15, -0.1) is 0 Å². The number of nitrogens with one attached hydrogen (secondary N) is 1. The Morgan fingerprint density at radius 3 is 2.86 bits per heavy atom. The first-order valence-electron chi connectivity index (χ1n) is 4.65. The van der Waals surface area contributed by atoms with E-state index in [9.17, 15) is 0 Å². The van der Waals surface area contributed by atoms with Crippen LogP contribution >= 0.6 is 0 Å². The molecular weight excluding hydrogens is 178 g/mol. The van der Waals surface area contributed by atoms with Crippen LogP contribution in [0.15, 0.2) is 22.4 Å². The summed E-state index contributed by atoms with van der Waals surface area (Å²) in [4.78, 5) is 0. The van der Waals surface area contributed by atoms with Crippen LogP contribution in [-0.2, 0) is 0 Å². The Labute approximate surface area is 82.2 Å². The number of hydrogen-bond acceptors (Lipinski definition) is 4. The van der Waals surface area contributed by atoms with Crippen LogP contribution in [-0.4, -0.2) is 18.2 Å². The van der Waals surface area contributed by atoms with Crippen molar-refractivity contribution in [2.24, 2.45) is 0 Å². The van der Waals surface area contributed by atoms with Crippen molar-refractivity contribution in [2.45, 2.75) is 12.8 Å². The second-order valence-corrected chi connectivity index (χ2v) is 3.22. The van der Waals surface area contributed by atoms with Gasteiger partial charge in [-0.05, 0) is 31.5 Å². The summed E-state index contributed by atoms with van der Waals surface area (Å²) >= 11 is 0. The molecule has 0 aliphatic carbocycles. The number of hydrogen-bond donors (Lipinski definition) is 1. The summed E-state index contributed by atoms with van der Waals surface area (Å²) in [6.45, 7) is 1.88. The number of piperidine rings is 1. The van der Waals surface area contributed by atoms with E-state index in [0.717, 1.165) is 25.9 Å². The highest BCUT2D eigenvalue weighted by molar-refractivity contribution is 5.76. The summed E-state index contributed by atoms with van der Waals surface area (Å²) in [5, 5.41) is 15.9. The van der Waals surface area contributed by atoms with Crippen LogP contribution in [0.25, 0.3) is 5.57 Å². The summed E-state index contributed by atoms with van der Waals surface area (Å²) in [6, 6.07) is 3.92. The van der Waals surface area contributed by atoms with E-state index in [1.54, 1.807) is 12.3 Å². The van der Waals surface area contributed by atoms with Gasteiger partial charge >= 0.3 is 0 Å². The maximum atomic E-state index is 9.03. The van der Waals surface area contributed by atoms with Gasteiger partial charge in [0.1, 0.15) is 6.07 Å². The zero-order valence-corrected chi connectivity index (χ0v) is 7.79. The smallest absolute Gasteiger partial charge is 0.177 e. The van der Waals surface area contributed by atoms with Crippen LogP contribution in [0.1, 0.15) is 18.6 Å². The van der Waals surface area contributed by atoms with Gasteiger partial charge in [-0.3, -0.25) is 0 Å². The third-order valence-electron chi connectivity index (χ3n) is 2.36. The second-order valence-electron chi connectivity index (χ2n) is 3.22. The Hall–Kier alpha value is -1.60. The fourth-order valence-corrected chi connectivity index (χ4v) is 1.63. The first-order chi connectivity index (χ1) is 6.92. The highest BCUT2D eigenvalue weighted by Gasteiger charge is 2.14. The average Bonchev–Trinajstić information content (AvgIpc) is 2.74. The van der Waals surface area contributed by atoms with Crippen molar-refractivity contribution in [3.05, 3.63) is 23.6 Å². The lowest BCUT2D eigenvalue weighted by atomic mass is 9.98. The van der Waals surface area contributed by atoms with Crippen LogP contribution in [0, 0.1) is 11.3 Å². The molecular formula is C10H11N3O. The molecule has 1 aromatic heterocycles. The van der Waals surface area contributed by atoms with Crippen molar-refractivity contribution in [2.75, 3.05) is 13.1 Å². The first-order valence-corrected chi connectivity index (χ1v) is 4.65. The molecule has 1 aromatic rings. The standard InChI is InChI=1S/C10H11N3O/c11-7-9(10-3-6-13-14-10)8-1-4-12-5-2-8/h3,6,12H,1-2,4-5H2. The van der Waals surface area contributed by atoms with Crippen molar-refractivity contribution in [1.82, 2.24) is 10.5 Å². The topological polar surface area (TPSA) is 61.9 Å². The molecule has 0 bridgehead atoms. The van der Waals surface area contributed by atoms with Crippen LogP contribution in [0.4, 0.5) is 0 Å². The molecule has 1 aliphatic heterocycles. The third-order valence-corrected chi connectivity index (χ3v) is 2.36. The number of aromatic nitrogens is 1. The second kappa shape index (κ2) is 4.07. The number of nitriles is 1. The third kappa shape index (κ3) is 1.68. The van der Waals surface area contributed by atoms with Gasteiger partial charge in [-0.25, -0.2) is 0 Å². The molecule has 0 radical (unpaired) electrons. The highest BCUT2D eigenvalue weighted by Crippen LogP contribution is 2.23. The molecule has 0 atom stereocenters. The van der Waals surface area contributed by atoms with Gasteiger partial charge < -0.3 is 9.84 Å². The Morgan fingerprint density at radius 2 is 2.29 bits per heavy atom. The molecule has 72 valence electrons. The van der Waals surface area contributed by atoms with Gasteiger partial charge in [0.25, 0.3) is 0 Å². The van der Waals surface area contributed by atoms with E-state index in [2.05, 4.69) is 16.5 Å². The van der Waals surface area contributed by atoms with Gasteiger partial charge in [-0.2, -0.15) is 5.26 Å². The Morgan fingerprint density at radius 1 is 1.50 bits per heavy atom. The van der Waals surface area contributed by atoms with E-state index >= 15 is 0 Å². The minimum Gasteiger partial charge on any atom is -0.356 e. The zero-order chi connectivity index (χ0) is 9.80. The summed E-state index contributed by atoms with van der Waals surface area (Å²) in [5.41, 5.74) is 1.83. The molecule has 4 nitrogen and oxygen atoms in total. The lowest BCUT2D eigenvalue weighted by Crippen LogP contribution is -2.23. The quantitative estimate of drug-likeness (QED) is 0.677. The first kappa shape index (κ1) is 8.97. The molecule has 2 rings (SSSR count). The minimum atomic E-state index is 0.587. The average molecular weight is 189 g/mol. The minimum absolute atomic E-state index is 0.587. The van der Waals surface area contributed by atoms with Crippen molar-refractivity contribution in [1.29, 1.82) is 5.26 Å². The van der Waals surface area contributed by atoms with Gasteiger partial charge in [0, 0.05) is 6.07 Å². The summed E-state index contributed by atoms with van der Waals surface area (Å²) < 4.78 is 4.99. The van der Waals surface area contributed by atoms with E-state index in [-0.39, 0.29) is 0 Å². The lowest BCUT2D eigenvalue weighted by Gasteiger charge is -2.15. The maximum Gasteiger partial charge on any atom is 0.177 e. The predicted octanol–water partition coefficient (Wildman–Crippen LogP) is 1.34. The van der Waals surface area contributed by atoms with E-state index in [4.69, 9.17) is 9.78 Å². The highest BCUT2D eigenvalue weighted by atomic mass is 16.5. The van der Waals surface area contributed by atoms with Gasteiger partial charge in [-0.1, -0.05) is 5.16 Å². The largest absolute Gasteiger partial charge is 0.356 e. The molecule has 0 saturated carbocycles. The maximum absolute atomic E-state index is 9.03. The molecule has 0 spiro atoms. The van der Waals surface area contributed by atoms with E-state index < -0.39 is 0 Å². The molecule has 0 amide bonds. The molecule has 0 unspecified atom stereocenters. The number of rotatable bonds is 1. The van der Waals surface area contributed by atoms with Crippen molar-refractivity contribution in [3.8, 4) is 6.07 Å². The van der Waals surface area contributed by atoms with E-state index in [1.165, 1.54) is 5.57 Å². The SMILES string of the molecule is N#CC(=C1CCNCC1)c1ccno1. The summed E-state index contributed by atoms with van der Waals surface area (Å²) in [6.07, 6.45) is 3.40. The van der Waals surface area contributed by atoms with Gasteiger partial charge in [0.2, 0.25) is 0 Å². The molecule has 14 heavy (non-hydrogen) atoms. The van der Waals surface area contributed by atoms with Crippen LogP contribution in [0.3, 0.4) is 0 Å². The molecule has 1 fully saturated rings. The lowest BCUT2D eigenvalue weighted by molar-refractivity contribution is 0.410. The van der Waals surface area contributed by atoms with Crippen molar-refractivity contribution in [3.63, 3.8) is 0 Å². The van der Waals surface area contributed by atoms with Crippen LogP contribution < -0.4 is 5.32 Å². The predicted molar refractivity (Wildman–Crippen MR) is 51.1 cm³/mol. The van der Waals surface area contributed by atoms with Gasteiger partial charge in [0.05, 0.1) is 11.8 Å². The molecule has 1 aliphatic rings. The number of allylic oxidation sites excluding steroid dienone is 1. The molecule has 1 N–H and O–H groups in total. The molecule has 0 aromatic carbocycles. The summed E-state index contributed by atoms with van der Waals surface area (Å²) in [7, 11) is 0. The van der Waals surface area contributed by atoms with Crippen LogP contribution in [0.5, 0.6) is 0 Å². The van der Waals surface area contributed by atoms with Gasteiger partial charge in [0.15, 0.2) is 5.76 Å². The Bertz CT molecular complexity index is 365. The molecule has 2 heterocycles. The zero-order valence-electron chi connectivity index (χ0n) is 7.79. The van der Waals surface area contributed by atoms with Crippen molar-refractivity contribution < 1.29 is 4.52 Å². The molecule has 1 saturated heterocycles. The van der Waals surface area contributed by atoms with E-state index in [0.29, 0.717) is 11.3 Å². The Balaban J connectivity index is 2.32. The monoisotopic (exact) mass is 189 g/mol. The normalized spacial score (nSPS) is 16.4. The molecule has 4 heteroatoms. The van der Waals surface area contributed by atoms with E-state index in [1.807, 2.05) is 0 Å². The fraction of sp³-hybridized carbons (Fsp3) is 0.400. The van der Waals surface area contributed by atoms with Crippen molar-refractivity contribution >= 4 is 5.57 Å².